The van der Waals surface area contributed by atoms with Crippen LogP contribution in [-0.2, 0) is 0 Å². The lowest BCUT2D eigenvalue weighted by molar-refractivity contribution is 0.496. The van der Waals surface area contributed by atoms with Crippen molar-refractivity contribution in [3.05, 3.63) is 34.3 Å². The highest BCUT2D eigenvalue weighted by atomic mass is 79.9. The average Bonchev–Trinajstić information content (AvgIpc) is 2.93. The van der Waals surface area contributed by atoms with Gasteiger partial charge in [-0.3, -0.25) is 11.3 Å². The van der Waals surface area contributed by atoms with E-state index in [2.05, 4.69) is 45.6 Å². The van der Waals surface area contributed by atoms with Gasteiger partial charge < -0.3 is 0 Å². The molecule has 1 aromatic carbocycles. The predicted octanol–water partition coefficient (Wildman–Crippen LogP) is 2.36. The summed E-state index contributed by atoms with van der Waals surface area (Å²) in [6, 6.07) is 8.69. The normalized spacial score (nSPS) is 18.6. The summed E-state index contributed by atoms with van der Waals surface area (Å²) in [5.41, 5.74) is 4.17. The maximum atomic E-state index is 5.52. The number of hydrazine groups is 1. The van der Waals surface area contributed by atoms with Gasteiger partial charge in [0.15, 0.2) is 0 Å². The van der Waals surface area contributed by atoms with Crippen LogP contribution in [0.5, 0.6) is 0 Å². The highest BCUT2D eigenvalue weighted by Gasteiger charge is 2.31. The SMILES string of the molecule is NN[C@@H](c1ccc(Br)cc1)C1CC1. The lowest BCUT2D eigenvalue weighted by Crippen LogP contribution is -2.29. The number of hydrogen-bond donors (Lipinski definition) is 2. The molecular weight excluding hydrogens is 228 g/mol. The molecule has 0 radical (unpaired) electrons. The lowest BCUT2D eigenvalue weighted by Gasteiger charge is -2.15. The number of halogens is 1. The molecule has 0 spiro atoms. The molecule has 3 heteroatoms. The minimum absolute atomic E-state index is 0.341. The van der Waals surface area contributed by atoms with E-state index in [1.807, 2.05) is 0 Å². The van der Waals surface area contributed by atoms with Crippen LogP contribution >= 0.6 is 15.9 Å². The average molecular weight is 241 g/mol. The second-order valence-corrected chi connectivity index (χ2v) is 4.45. The van der Waals surface area contributed by atoms with Crippen molar-refractivity contribution in [2.45, 2.75) is 18.9 Å². The largest absolute Gasteiger partial charge is 0.271 e. The van der Waals surface area contributed by atoms with E-state index in [1.165, 1.54) is 18.4 Å². The smallest absolute Gasteiger partial charge is 0.0488 e. The maximum Gasteiger partial charge on any atom is 0.0488 e. The van der Waals surface area contributed by atoms with Crippen molar-refractivity contribution >= 4 is 15.9 Å². The summed E-state index contributed by atoms with van der Waals surface area (Å²) in [6.45, 7) is 0. The third kappa shape index (κ3) is 2.10. The molecule has 0 amide bonds. The summed E-state index contributed by atoms with van der Waals surface area (Å²) in [5, 5.41) is 0. The fourth-order valence-electron chi connectivity index (χ4n) is 1.60. The Hall–Kier alpha value is -0.380. The highest BCUT2D eigenvalue weighted by molar-refractivity contribution is 9.10. The molecule has 13 heavy (non-hydrogen) atoms. The van der Waals surface area contributed by atoms with E-state index in [1.54, 1.807) is 0 Å². The van der Waals surface area contributed by atoms with Crippen LogP contribution < -0.4 is 11.3 Å². The van der Waals surface area contributed by atoms with Crippen molar-refractivity contribution in [1.82, 2.24) is 5.43 Å². The van der Waals surface area contributed by atoms with E-state index in [-0.39, 0.29) is 0 Å². The van der Waals surface area contributed by atoms with Gasteiger partial charge in [0.2, 0.25) is 0 Å². The molecule has 0 saturated heterocycles. The number of nitrogens with two attached hydrogens (primary N) is 1. The van der Waals surface area contributed by atoms with Gasteiger partial charge >= 0.3 is 0 Å². The topological polar surface area (TPSA) is 38.0 Å². The zero-order chi connectivity index (χ0) is 9.26. The van der Waals surface area contributed by atoms with Crippen LogP contribution in [-0.4, -0.2) is 0 Å². The van der Waals surface area contributed by atoms with E-state index in [0.717, 1.165) is 10.4 Å². The molecule has 3 N–H and O–H groups in total. The Bertz CT molecular complexity index is 279. The number of benzene rings is 1. The molecule has 2 rings (SSSR count). The molecule has 0 heterocycles. The Morgan fingerprint density at radius 1 is 1.31 bits per heavy atom. The van der Waals surface area contributed by atoms with Crippen LogP contribution in [0.2, 0.25) is 0 Å². The Morgan fingerprint density at radius 3 is 2.38 bits per heavy atom. The van der Waals surface area contributed by atoms with E-state index in [4.69, 9.17) is 5.84 Å². The zero-order valence-corrected chi connectivity index (χ0v) is 8.92. The Balaban J connectivity index is 2.17. The first-order valence-electron chi connectivity index (χ1n) is 4.53. The minimum Gasteiger partial charge on any atom is -0.271 e. The third-order valence-electron chi connectivity index (χ3n) is 2.50. The van der Waals surface area contributed by atoms with Gasteiger partial charge in [-0.15, -0.1) is 0 Å². The van der Waals surface area contributed by atoms with Crippen molar-refractivity contribution in [1.29, 1.82) is 0 Å². The first kappa shape index (κ1) is 9.19. The predicted molar refractivity (Wildman–Crippen MR) is 56.9 cm³/mol. The Labute approximate surface area is 86.6 Å². The highest BCUT2D eigenvalue weighted by Crippen LogP contribution is 2.40. The van der Waals surface area contributed by atoms with E-state index in [9.17, 15) is 0 Å². The van der Waals surface area contributed by atoms with Gasteiger partial charge in [-0.25, -0.2) is 0 Å². The van der Waals surface area contributed by atoms with Crippen molar-refractivity contribution < 1.29 is 0 Å². The number of nitrogens with one attached hydrogen (secondary N) is 1. The van der Waals surface area contributed by atoms with Gasteiger partial charge in [0.05, 0.1) is 0 Å². The molecular formula is C10H13BrN2. The van der Waals surface area contributed by atoms with Crippen LogP contribution in [0.3, 0.4) is 0 Å². The summed E-state index contributed by atoms with van der Waals surface area (Å²) < 4.78 is 1.11. The summed E-state index contributed by atoms with van der Waals surface area (Å²) in [4.78, 5) is 0. The molecule has 1 atom stereocenters. The van der Waals surface area contributed by atoms with Crippen molar-refractivity contribution in [3.63, 3.8) is 0 Å². The Morgan fingerprint density at radius 2 is 1.92 bits per heavy atom. The summed E-state index contributed by atoms with van der Waals surface area (Å²) in [5.74, 6) is 6.26. The molecule has 0 bridgehead atoms. The number of rotatable bonds is 3. The zero-order valence-electron chi connectivity index (χ0n) is 7.33. The lowest BCUT2D eigenvalue weighted by atomic mass is 10.0. The summed E-state index contributed by atoms with van der Waals surface area (Å²) in [6.07, 6.45) is 2.59. The summed E-state index contributed by atoms with van der Waals surface area (Å²) in [7, 11) is 0. The third-order valence-corrected chi connectivity index (χ3v) is 3.03. The first-order chi connectivity index (χ1) is 6.31. The molecule has 1 saturated carbocycles. The summed E-state index contributed by atoms with van der Waals surface area (Å²) >= 11 is 3.42. The van der Waals surface area contributed by atoms with Gasteiger partial charge in [-0.05, 0) is 36.5 Å². The van der Waals surface area contributed by atoms with Gasteiger partial charge in [0, 0.05) is 10.5 Å². The van der Waals surface area contributed by atoms with Gasteiger partial charge in [0.25, 0.3) is 0 Å². The van der Waals surface area contributed by atoms with Crippen molar-refractivity contribution in [3.8, 4) is 0 Å². The molecule has 1 aliphatic rings. The van der Waals surface area contributed by atoms with Gasteiger partial charge in [0.1, 0.15) is 0 Å². The monoisotopic (exact) mass is 240 g/mol. The maximum absolute atomic E-state index is 5.52. The van der Waals surface area contributed by atoms with Crippen LogP contribution in [0.4, 0.5) is 0 Å². The molecule has 0 aromatic heterocycles. The van der Waals surface area contributed by atoms with Crippen molar-refractivity contribution in [2.24, 2.45) is 11.8 Å². The standard InChI is InChI=1S/C10H13BrN2/c11-9-5-3-8(4-6-9)10(13-12)7-1-2-7/h3-7,10,13H,1-2,12H2/t10-/m1/s1. The molecule has 1 aliphatic carbocycles. The molecule has 1 aromatic rings. The minimum atomic E-state index is 0.341. The second kappa shape index (κ2) is 3.78. The van der Waals surface area contributed by atoms with Crippen LogP contribution in [0, 0.1) is 5.92 Å². The van der Waals surface area contributed by atoms with Gasteiger partial charge in [-0.1, -0.05) is 28.1 Å². The molecule has 0 aliphatic heterocycles. The van der Waals surface area contributed by atoms with Crippen LogP contribution in [0.15, 0.2) is 28.7 Å². The van der Waals surface area contributed by atoms with E-state index in [0.29, 0.717) is 6.04 Å². The first-order valence-corrected chi connectivity index (χ1v) is 5.32. The molecule has 0 unspecified atom stereocenters. The van der Waals surface area contributed by atoms with E-state index >= 15 is 0 Å². The van der Waals surface area contributed by atoms with Gasteiger partial charge in [-0.2, -0.15) is 0 Å². The number of hydrogen-bond acceptors (Lipinski definition) is 2. The van der Waals surface area contributed by atoms with Crippen molar-refractivity contribution in [2.75, 3.05) is 0 Å². The van der Waals surface area contributed by atoms with Crippen LogP contribution in [0.25, 0.3) is 0 Å². The molecule has 2 nitrogen and oxygen atoms in total. The second-order valence-electron chi connectivity index (χ2n) is 3.53. The van der Waals surface area contributed by atoms with E-state index < -0.39 is 0 Å². The fraction of sp³-hybridized carbons (Fsp3) is 0.400. The fourth-order valence-corrected chi connectivity index (χ4v) is 1.87. The van der Waals surface area contributed by atoms with Crippen LogP contribution in [0.1, 0.15) is 24.4 Å². The molecule has 1 fully saturated rings. The quantitative estimate of drug-likeness (QED) is 0.629. The Kier molecular flexibility index (Phi) is 2.67. The molecule has 70 valence electrons.